The minimum absolute atomic E-state index is 0.139. The average molecular weight is 388 g/mol. The summed E-state index contributed by atoms with van der Waals surface area (Å²) in [5.74, 6) is -0.534. The second-order valence-corrected chi connectivity index (χ2v) is 6.23. The first-order chi connectivity index (χ1) is 14.1. The third-order valence-corrected chi connectivity index (χ3v) is 4.28. The van der Waals surface area contributed by atoms with Gasteiger partial charge in [-0.2, -0.15) is 0 Å². The van der Waals surface area contributed by atoms with Crippen LogP contribution in [0.2, 0.25) is 0 Å². The van der Waals surface area contributed by atoms with Crippen LogP contribution in [0.15, 0.2) is 86.6 Å². The molecular formula is C22H16N2O5. The van der Waals surface area contributed by atoms with Crippen molar-refractivity contribution < 1.29 is 18.4 Å². The number of carbonyl (C=O) groups excluding carboxylic acids is 2. The number of hydrogen-bond donors (Lipinski definition) is 2. The number of amides is 2. The Morgan fingerprint density at radius 2 is 1.69 bits per heavy atom. The number of fused-ring (bicyclic) bond motifs is 1. The van der Waals surface area contributed by atoms with E-state index in [1.807, 2.05) is 0 Å². The third-order valence-electron chi connectivity index (χ3n) is 4.28. The van der Waals surface area contributed by atoms with Gasteiger partial charge >= 0.3 is 0 Å². The van der Waals surface area contributed by atoms with Gasteiger partial charge in [0.25, 0.3) is 11.8 Å². The molecule has 0 spiro atoms. The fourth-order valence-corrected chi connectivity index (χ4v) is 2.87. The molecule has 7 heteroatoms. The topological polar surface area (TPSA) is 102 Å². The fraction of sp³-hybridized carbons (Fsp3) is 0.0455. The van der Waals surface area contributed by atoms with Crippen LogP contribution in [0, 0.1) is 0 Å². The van der Waals surface area contributed by atoms with Crippen LogP contribution in [0.3, 0.4) is 0 Å². The lowest BCUT2D eigenvalue weighted by molar-refractivity contribution is 0.0949. The lowest BCUT2D eigenvalue weighted by Crippen LogP contribution is -2.25. The SMILES string of the molecule is O=C(Nc1ccccc1C(=O)NCc1ccco1)c1cc(=O)c2ccccc2o1. The van der Waals surface area contributed by atoms with Crippen molar-refractivity contribution in [2.45, 2.75) is 6.54 Å². The monoisotopic (exact) mass is 388 g/mol. The third kappa shape index (κ3) is 3.93. The smallest absolute Gasteiger partial charge is 0.291 e. The summed E-state index contributed by atoms with van der Waals surface area (Å²) in [5.41, 5.74) is 0.567. The molecule has 2 heterocycles. The van der Waals surface area contributed by atoms with E-state index in [9.17, 15) is 14.4 Å². The number of furan rings is 1. The van der Waals surface area contributed by atoms with Crippen LogP contribution in [0.1, 0.15) is 26.7 Å². The van der Waals surface area contributed by atoms with E-state index in [4.69, 9.17) is 8.83 Å². The second-order valence-electron chi connectivity index (χ2n) is 6.23. The molecule has 0 saturated carbocycles. The standard InChI is InChI=1S/C22H16N2O5/c25-18-12-20(29-19-10-4-2-8-16(18)19)22(27)24-17-9-3-1-7-15(17)21(26)23-13-14-6-5-11-28-14/h1-12H,13H2,(H,23,26)(H,24,27). The number of anilines is 1. The van der Waals surface area contributed by atoms with Crippen molar-refractivity contribution in [3.05, 3.63) is 100 Å². The number of hydrogen-bond acceptors (Lipinski definition) is 5. The predicted molar refractivity (Wildman–Crippen MR) is 107 cm³/mol. The van der Waals surface area contributed by atoms with E-state index in [2.05, 4.69) is 10.6 Å². The molecule has 2 N–H and O–H groups in total. The molecule has 2 aromatic heterocycles. The van der Waals surface area contributed by atoms with Gasteiger partial charge in [-0.3, -0.25) is 14.4 Å². The summed E-state index contributed by atoms with van der Waals surface area (Å²) in [6, 6.07) is 17.8. The zero-order chi connectivity index (χ0) is 20.2. The quantitative estimate of drug-likeness (QED) is 0.544. The van der Waals surface area contributed by atoms with E-state index in [0.717, 1.165) is 6.07 Å². The Morgan fingerprint density at radius 3 is 2.52 bits per heavy atom. The van der Waals surface area contributed by atoms with Crippen LogP contribution in [-0.4, -0.2) is 11.8 Å². The Bertz CT molecular complexity index is 1240. The molecule has 0 radical (unpaired) electrons. The van der Waals surface area contributed by atoms with Crippen molar-refractivity contribution in [3.8, 4) is 0 Å². The maximum absolute atomic E-state index is 12.6. The first kappa shape index (κ1) is 18.2. The van der Waals surface area contributed by atoms with Crippen molar-refractivity contribution in [1.29, 1.82) is 0 Å². The highest BCUT2D eigenvalue weighted by Crippen LogP contribution is 2.18. The van der Waals surface area contributed by atoms with Gasteiger partial charge in [0, 0.05) is 6.07 Å². The van der Waals surface area contributed by atoms with Gasteiger partial charge in [-0.05, 0) is 36.4 Å². The Labute approximate surface area is 165 Å². The van der Waals surface area contributed by atoms with Crippen molar-refractivity contribution >= 4 is 28.5 Å². The van der Waals surface area contributed by atoms with Gasteiger partial charge in [0.15, 0.2) is 11.2 Å². The van der Waals surface area contributed by atoms with Gasteiger partial charge in [-0.15, -0.1) is 0 Å². The van der Waals surface area contributed by atoms with E-state index >= 15 is 0 Å². The highest BCUT2D eigenvalue weighted by Gasteiger charge is 2.17. The fourth-order valence-electron chi connectivity index (χ4n) is 2.87. The molecule has 144 valence electrons. The molecule has 0 unspecified atom stereocenters. The molecule has 29 heavy (non-hydrogen) atoms. The molecule has 0 aliphatic heterocycles. The summed E-state index contributed by atoms with van der Waals surface area (Å²) in [7, 11) is 0. The number of carbonyl (C=O) groups is 2. The Morgan fingerprint density at radius 1 is 0.897 bits per heavy atom. The molecule has 2 aromatic carbocycles. The molecule has 0 saturated heterocycles. The lowest BCUT2D eigenvalue weighted by atomic mass is 10.1. The van der Waals surface area contributed by atoms with E-state index in [-0.39, 0.29) is 29.2 Å². The first-order valence-electron chi connectivity index (χ1n) is 8.85. The van der Waals surface area contributed by atoms with Gasteiger partial charge in [0.2, 0.25) is 0 Å². The largest absolute Gasteiger partial charge is 0.467 e. The minimum Gasteiger partial charge on any atom is -0.467 e. The maximum Gasteiger partial charge on any atom is 0.291 e. The second kappa shape index (κ2) is 7.85. The maximum atomic E-state index is 12.6. The van der Waals surface area contributed by atoms with Crippen molar-refractivity contribution in [3.63, 3.8) is 0 Å². The molecule has 7 nitrogen and oxygen atoms in total. The number of benzene rings is 2. The Balaban J connectivity index is 1.56. The van der Waals surface area contributed by atoms with Crippen molar-refractivity contribution in [2.75, 3.05) is 5.32 Å². The molecule has 0 aliphatic carbocycles. The van der Waals surface area contributed by atoms with E-state index in [0.29, 0.717) is 22.4 Å². The summed E-state index contributed by atoms with van der Waals surface area (Å²) in [6.07, 6.45) is 1.52. The molecule has 0 fully saturated rings. The molecule has 2 amide bonds. The molecule has 4 aromatic rings. The predicted octanol–water partition coefficient (Wildman–Crippen LogP) is 3.57. The molecule has 0 bridgehead atoms. The van der Waals surface area contributed by atoms with Crippen LogP contribution in [0.5, 0.6) is 0 Å². The van der Waals surface area contributed by atoms with Gasteiger partial charge in [0.1, 0.15) is 11.3 Å². The van der Waals surface area contributed by atoms with Crippen LogP contribution in [-0.2, 0) is 6.54 Å². The Kier molecular flexibility index (Phi) is 4.94. The van der Waals surface area contributed by atoms with E-state index < -0.39 is 5.91 Å². The normalized spacial score (nSPS) is 10.6. The number of rotatable bonds is 5. The minimum atomic E-state index is -0.626. The van der Waals surface area contributed by atoms with Gasteiger partial charge in [-0.25, -0.2) is 0 Å². The van der Waals surface area contributed by atoms with Gasteiger partial charge in [-0.1, -0.05) is 24.3 Å². The molecule has 0 aliphatic rings. The average Bonchev–Trinajstić information content (AvgIpc) is 3.26. The summed E-state index contributed by atoms with van der Waals surface area (Å²) in [4.78, 5) is 37.4. The Hall–Kier alpha value is -4.13. The highest BCUT2D eigenvalue weighted by molar-refractivity contribution is 6.08. The van der Waals surface area contributed by atoms with Crippen molar-refractivity contribution in [1.82, 2.24) is 5.32 Å². The highest BCUT2D eigenvalue weighted by atomic mass is 16.3. The van der Waals surface area contributed by atoms with Crippen LogP contribution < -0.4 is 16.1 Å². The van der Waals surface area contributed by atoms with Crippen LogP contribution >= 0.6 is 0 Å². The summed E-state index contributed by atoms with van der Waals surface area (Å²) in [6.45, 7) is 0.216. The first-order valence-corrected chi connectivity index (χ1v) is 8.85. The molecule has 4 rings (SSSR count). The zero-order valence-corrected chi connectivity index (χ0v) is 15.2. The lowest BCUT2D eigenvalue weighted by Gasteiger charge is -2.11. The van der Waals surface area contributed by atoms with Crippen LogP contribution in [0.4, 0.5) is 5.69 Å². The van der Waals surface area contributed by atoms with E-state index in [1.54, 1.807) is 60.7 Å². The molecule has 0 atom stereocenters. The van der Waals surface area contributed by atoms with Crippen LogP contribution in [0.25, 0.3) is 11.0 Å². The summed E-state index contributed by atoms with van der Waals surface area (Å²) < 4.78 is 10.7. The molecular weight excluding hydrogens is 372 g/mol. The van der Waals surface area contributed by atoms with Crippen molar-refractivity contribution in [2.24, 2.45) is 0 Å². The van der Waals surface area contributed by atoms with Gasteiger partial charge < -0.3 is 19.5 Å². The van der Waals surface area contributed by atoms with E-state index in [1.165, 1.54) is 6.26 Å². The van der Waals surface area contributed by atoms with Gasteiger partial charge in [0.05, 0.1) is 29.4 Å². The number of para-hydroxylation sites is 2. The zero-order valence-electron chi connectivity index (χ0n) is 15.2. The summed E-state index contributed by atoms with van der Waals surface area (Å²) in [5, 5.41) is 5.76. The summed E-state index contributed by atoms with van der Waals surface area (Å²) >= 11 is 0. The number of nitrogens with one attached hydrogen (secondary N) is 2.